The number of amides is 1. The van der Waals surface area contributed by atoms with Crippen LogP contribution >= 0.6 is 11.3 Å². The van der Waals surface area contributed by atoms with Gasteiger partial charge in [-0.2, -0.15) is 0 Å². The van der Waals surface area contributed by atoms with Crippen molar-refractivity contribution >= 4 is 33.3 Å². The van der Waals surface area contributed by atoms with Gasteiger partial charge in [-0.1, -0.05) is 6.07 Å². The van der Waals surface area contributed by atoms with Gasteiger partial charge >= 0.3 is 0 Å². The van der Waals surface area contributed by atoms with Crippen LogP contribution in [0.4, 0.5) is 5.13 Å². The Balaban J connectivity index is 1.89. The zero-order chi connectivity index (χ0) is 15.5. The van der Waals surface area contributed by atoms with Crippen LogP contribution in [0.1, 0.15) is 12.5 Å². The number of thiazole rings is 1. The number of ether oxygens (including phenoxy) is 1. The van der Waals surface area contributed by atoms with Crippen LogP contribution < -0.4 is 9.64 Å². The molecule has 0 aliphatic rings. The minimum absolute atomic E-state index is 0.00199. The quantitative estimate of drug-likeness (QED) is 0.786. The summed E-state index contributed by atoms with van der Waals surface area (Å²) in [7, 11) is 1.75. The van der Waals surface area contributed by atoms with Crippen LogP contribution in [0, 0.1) is 0 Å². The van der Waals surface area contributed by atoms with E-state index >= 15 is 0 Å². The summed E-state index contributed by atoms with van der Waals surface area (Å²) < 4.78 is 5.68. The van der Waals surface area contributed by atoms with Crippen LogP contribution in [-0.4, -0.2) is 29.5 Å². The summed E-state index contributed by atoms with van der Waals surface area (Å²) in [4.78, 5) is 21.4. The molecule has 3 aromatic rings. The zero-order valence-corrected chi connectivity index (χ0v) is 13.3. The molecule has 5 nitrogen and oxygen atoms in total. The Morgan fingerprint density at radius 1 is 1.45 bits per heavy atom. The molecule has 0 aliphatic carbocycles. The van der Waals surface area contributed by atoms with E-state index in [1.54, 1.807) is 18.1 Å². The summed E-state index contributed by atoms with van der Waals surface area (Å²) in [6.07, 6.45) is 3.88. The normalized spacial score (nSPS) is 10.8. The number of fused-ring (bicyclic) bond motifs is 1. The first-order valence-corrected chi connectivity index (χ1v) is 7.96. The number of benzene rings is 1. The summed E-state index contributed by atoms with van der Waals surface area (Å²) in [5.41, 5.74) is 1.91. The first-order chi connectivity index (χ1) is 10.7. The average Bonchev–Trinajstić information content (AvgIpc) is 3.17. The Bertz CT molecular complexity index is 780. The van der Waals surface area contributed by atoms with Crippen LogP contribution in [0.25, 0.3) is 10.9 Å². The van der Waals surface area contributed by atoms with E-state index in [4.69, 9.17) is 4.74 Å². The van der Waals surface area contributed by atoms with Gasteiger partial charge in [0.15, 0.2) is 5.13 Å². The molecule has 1 N–H and O–H groups in total. The van der Waals surface area contributed by atoms with Crippen molar-refractivity contribution in [1.82, 2.24) is 9.97 Å². The molecule has 6 heteroatoms. The Kier molecular flexibility index (Phi) is 4.11. The lowest BCUT2D eigenvalue weighted by Crippen LogP contribution is -2.27. The number of rotatable bonds is 5. The van der Waals surface area contributed by atoms with E-state index in [2.05, 4.69) is 9.97 Å². The highest BCUT2D eigenvalue weighted by molar-refractivity contribution is 7.13. The number of carbonyl (C=O) groups is 1. The Hall–Kier alpha value is -2.34. The van der Waals surface area contributed by atoms with Crippen LogP contribution in [-0.2, 0) is 11.2 Å². The topological polar surface area (TPSA) is 58.2 Å². The van der Waals surface area contributed by atoms with Crippen molar-refractivity contribution in [2.24, 2.45) is 0 Å². The highest BCUT2D eigenvalue weighted by atomic mass is 32.1. The highest BCUT2D eigenvalue weighted by Gasteiger charge is 2.17. The van der Waals surface area contributed by atoms with E-state index in [1.165, 1.54) is 11.3 Å². The van der Waals surface area contributed by atoms with Crippen molar-refractivity contribution in [2.45, 2.75) is 13.3 Å². The van der Waals surface area contributed by atoms with Crippen molar-refractivity contribution in [3.8, 4) is 5.75 Å². The van der Waals surface area contributed by atoms with E-state index in [0.717, 1.165) is 22.2 Å². The second-order valence-electron chi connectivity index (χ2n) is 4.87. The molecular formula is C16H17N3O2S. The number of likely N-dealkylation sites (N-methyl/N-ethyl adjacent to an activating group) is 1. The second-order valence-corrected chi connectivity index (χ2v) is 5.74. The fourth-order valence-corrected chi connectivity index (χ4v) is 3.03. The maximum Gasteiger partial charge on any atom is 0.233 e. The monoisotopic (exact) mass is 315 g/mol. The number of hydrogen-bond donors (Lipinski definition) is 1. The standard InChI is InChI=1S/C16H17N3O2S/c1-3-21-13-6-4-5-12-15(13)11(10-18-12)9-14(20)19(2)16-17-7-8-22-16/h4-8,10,18H,3,9H2,1-2H3. The first kappa shape index (κ1) is 14.6. The minimum Gasteiger partial charge on any atom is -0.493 e. The van der Waals surface area contributed by atoms with Gasteiger partial charge in [-0.3, -0.25) is 9.69 Å². The third-order valence-corrected chi connectivity index (χ3v) is 4.32. The number of aromatic nitrogens is 2. The minimum atomic E-state index is 0.00199. The summed E-state index contributed by atoms with van der Waals surface area (Å²) in [6, 6.07) is 5.85. The van der Waals surface area contributed by atoms with Crippen LogP contribution in [0.3, 0.4) is 0 Å². The molecule has 3 rings (SSSR count). The summed E-state index contributed by atoms with van der Waals surface area (Å²) in [6.45, 7) is 2.54. The molecule has 1 amide bonds. The lowest BCUT2D eigenvalue weighted by molar-refractivity contribution is -0.117. The fraction of sp³-hybridized carbons (Fsp3) is 0.250. The summed E-state index contributed by atoms with van der Waals surface area (Å²) in [5.74, 6) is 0.808. The predicted molar refractivity (Wildman–Crippen MR) is 88.7 cm³/mol. The number of hydrogen-bond acceptors (Lipinski definition) is 4. The third-order valence-electron chi connectivity index (χ3n) is 3.47. The fourth-order valence-electron chi connectivity index (χ4n) is 2.40. The maximum atomic E-state index is 12.5. The van der Waals surface area contributed by atoms with E-state index in [0.29, 0.717) is 18.2 Å². The SMILES string of the molecule is CCOc1cccc2[nH]cc(CC(=O)N(C)c3nccs3)c12. The zero-order valence-electron chi connectivity index (χ0n) is 12.5. The number of nitrogens with zero attached hydrogens (tertiary/aromatic N) is 2. The predicted octanol–water partition coefficient (Wildman–Crippen LogP) is 3.23. The molecule has 2 heterocycles. The molecule has 0 saturated carbocycles. The first-order valence-electron chi connectivity index (χ1n) is 7.08. The molecule has 0 unspecified atom stereocenters. The second kappa shape index (κ2) is 6.19. The number of nitrogens with one attached hydrogen (secondary N) is 1. The Labute approximate surface area is 132 Å². The molecule has 2 aromatic heterocycles. The molecule has 0 bridgehead atoms. The van der Waals surface area contributed by atoms with Crippen LogP contribution in [0.2, 0.25) is 0 Å². The van der Waals surface area contributed by atoms with Crippen molar-refractivity contribution in [1.29, 1.82) is 0 Å². The molecule has 0 saturated heterocycles. The number of H-pyrrole nitrogens is 1. The van der Waals surface area contributed by atoms with Gasteiger partial charge in [0.25, 0.3) is 0 Å². The van der Waals surface area contributed by atoms with E-state index in [1.807, 2.05) is 36.7 Å². The number of anilines is 1. The summed E-state index contributed by atoms with van der Waals surface area (Å²) in [5, 5.41) is 3.54. The van der Waals surface area contributed by atoms with Gasteiger partial charge in [-0.15, -0.1) is 11.3 Å². The molecule has 0 fully saturated rings. The van der Waals surface area contributed by atoms with E-state index in [-0.39, 0.29) is 5.91 Å². The van der Waals surface area contributed by atoms with Gasteiger partial charge in [0.1, 0.15) is 5.75 Å². The molecule has 22 heavy (non-hydrogen) atoms. The maximum absolute atomic E-state index is 12.5. The lowest BCUT2D eigenvalue weighted by atomic mass is 10.1. The van der Waals surface area contributed by atoms with Crippen molar-refractivity contribution in [3.63, 3.8) is 0 Å². The van der Waals surface area contributed by atoms with Gasteiger partial charge in [-0.05, 0) is 24.6 Å². The Morgan fingerprint density at radius 3 is 3.05 bits per heavy atom. The van der Waals surface area contributed by atoms with Gasteiger partial charge < -0.3 is 9.72 Å². The highest BCUT2D eigenvalue weighted by Crippen LogP contribution is 2.29. The van der Waals surface area contributed by atoms with Crippen LogP contribution in [0.5, 0.6) is 5.75 Å². The smallest absolute Gasteiger partial charge is 0.233 e. The average molecular weight is 315 g/mol. The molecular weight excluding hydrogens is 298 g/mol. The molecule has 0 atom stereocenters. The molecule has 0 aliphatic heterocycles. The van der Waals surface area contributed by atoms with Gasteiger partial charge in [0.2, 0.25) is 5.91 Å². The number of aromatic amines is 1. The lowest BCUT2D eigenvalue weighted by Gasteiger charge is -2.13. The largest absolute Gasteiger partial charge is 0.493 e. The van der Waals surface area contributed by atoms with E-state index < -0.39 is 0 Å². The van der Waals surface area contributed by atoms with Crippen LogP contribution in [0.15, 0.2) is 36.0 Å². The Morgan fingerprint density at radius 2 is 2.32 bits per heavy atom. The molecule has 0 radical (unpaired) electrons. The molecule has 114 valence electrons. The van der Waals surface area contributed by atoms with Gasteiger partial charge in [-0.25, -0.2) is 4.98 Å². The molecule has 1 aromatic carbocycles. The van der Waals surface area contributed by atoms with Crippen molar-refractivity contribution in [2.75, 3.05) is 18.6 Å². The number of carbonyl (C=O) groups excluding carboxylic acids is 1. The van der Waals surface area contributed by atoms with Crippen molar-refractivity contribution < 1.29 is 9.53 Å². The third kappa shape index (κ3) is 2.69. The van der Waals surface area contributed by atoms with E-state index in [9.17, 15) is 4.79 Å². The van der Waals surface area contributed by atoms with Gasteiger partial charge in [0.05, 0.1) is 13.0 Å². The summed E-state index contributed by atoms with van der Waals surface area (Å²) >= 11 is 1.45. The van der Waals surface area contributed by atoms with Gasteiger partial charge in [0, 0.05) is 35.7 Å². The van der Waals surface area contributed by atoms with Crippen molar-refractivity contribution in [3.05, 3.63) is 41.5 Å². The molecule has 0 spiro atoms.